The van der Waals surface area contributed by atoms with Crippen molar-refractivity contribution in [3.63, 3.8) is 0 Å². The number of hydrogen-bond donors (Lipinski definition) is 1. The molecule has 9 nitrogen and oxygen atoms in total. The van der Waals surface area contributed by atoms with Crippen molar-refractivity contribution in [2.75, 3.05) is 0 Å². The van der Waals surface area contributed by atoms with E-state index in [9.17, 15) is 19.7 Å². The summed E-state index contributed by atoms with van der Waals surface area (Å²) in [7, 11) is 1.45. The van der Waals surface area contributed by atoms with Gasteiger partial charge in [-0.1, -0.05) is 35.9 Å². The summed E-state index contributed by atoms with van der Waals surface area (Å²) in [6.45, 7) is 1.58. The Morgan fingerprint density at radius 2 is 1.93 bits per heavy atom. The van der Waals surface area contributed by atoms with Crippen LogP contribution in [0.3, 0.4) is 0 Å². The molecule has 0 fully saturated rings. The Kier molecular flexibility index (Phi) is 5.18. The lowest BCUT2D eigenvalue weighted by Gasteiger charge is -2.07. The molecule has 1 N–H and O–H groups in total. The van der Waals surface area contributed by atoms with Crippen LogP contribution in [0.4, 0.5) is 5.69 Å². The fourth-order valence-corrected chi connectivity index (χ4v) is 2.78. The van der Waals surface area contributed by atoms with Gasteiger partial charge in [0.2, 0.25) is 0 Å². The lowest BCUT2D eigenvalue weighted by Crippen LogP contribution is -2.27. The minimum Gasteiger partial charge on any atom is -0.267 e. The number of nitrogens with zero attached hydrogens (tertiary/aromatic N) is 4. The van der Waals surface area contributed by atoms with E-state index in [0.29, 0.717) is 22.0 Å². The molecule has 2 aromatic carbocycles. The molecule has 0 saturated carbocycles. The smallest absolute Gasteiger partial charge is 0.267 e. The number of nitrogens with one attached hydrogen (secondary N) is 1. The van der Waals surface area contributed by atoms with Crippen LogP contribution in [-0.4, -0.2) is 26.3 Å². The third-order valence-corrected chi connectivity index (χ3v) is 4.38. The molecule has 0 aliphatic carbocycles. The van der Waals surface area contributed by atoms with Crippen molar-refractivity contribution in [2.24, 2.45) is 12.1 Å². The zero-order chi connectivity index (χ0) is 20.4. The second-order valence-corrected chi connectivity index (χ2v) is 6.29. The van der Waals surface area contributed by atoms with Crippen LogP contribution in [0, 0.1) is 10.1 Å². The van der Waals surface area contributed by atoms with Gasteiger partial charge >= 0.3 is 0 Å². The molecule has 0 atom stereocenters. The molecule has 3 rings (SSSR count). The number of halogens is 1. The first-order valence-corrected chi connectivity index (χ1v) is 8.42. The number of aromatic nitrogens is 2. The average Bonchev–Trinajstić information content (AvgIpc) is 2.68. The maximum Gasteiger partial charge on any atom is 0.292 e. The maximum atomic E-state index is 12.6. The maximum absolute atomic E-state index is 12.6. The fourth-order valence-electron chi connectivity index (χ4n) is 2.60. The zero-order valence-electron chi connectivity index (χ0n) is 14.8. The molecule has 0 aliphatic heterocycles. The molecule has 142 valence electrons. The van der Waals surface area contributed by atoms with Crippen molar-refractivity contribution >= 4 is 39.7 Å². The summed E-state index contributed by atoms with van der Waals surface area (Å²) in [5, 5.41) is 19.8. The number of amides is 1. The predicted octanol–water partition coefficient (Wildman–Crippen LogP) is 2.65. The number of carbonyl (C=O) groups is 1. The highest BCUT2D eigenvalue weighted by Crippen LogP contribution is 2.25. The van der Waals surface area contributed by atoms with Crippen LogP contribution in [0.25, 0.3) is 10.8 Å². The molecule has 0 spiro atoms. The van der Waals surface area contributed by atoms with Crippen LogP contribution in [0.5, 0.6) is 0 Å². The average molecular weight is 400 g/mol. The van der Waals surface area contributed by atoms with Crippen molar-refractivity contribution < 1.29 is 9.72 Å². The van der Waals surface area contributed by atoms with Gasteiger partial charge < -0.3 is 0 Å². The molecule has 0 aliphatic rings. The molecular formula is C18H14ClN5O4. The lowest BCUT2D eigenvalue weighted by molar-refractivity contribution is -0.384. The van der Waals surface area contributed by atoms with Gasteiger partial charge in [0.05, 0.1) is 16.0 Å². The van der Waals surface area contributed by atoms with Crippen LogP contribution < -0.4 is 11.0 Å². The minimum absolute atomic E-state index is 0.00598. The molecule has 1 aromatic heterocycles. The van der Waals surface area contributed by atoms with E-state index in [1.54, 1.807) is 37.3 Å². The van der Waals surface area contributed by atoms with Crippen LogP contribution in [0.1, 0.15) is 23.0 Å². The Balaban J connectivity index is 1.93. The first-order chi connectivity index (χ1) is 13.3. The van der Waals surface area contributed by atoms with Crippen LogP contribution in [0.2, 0.25) is 5.02 Å². The largest absolute Gasteiger partial charge is 0.292 e. The van der Waals surface area contributed by atoms with Gasteiger partial charge in [-0.15, -0.1) is 0 Å². The molecule has 28 heavy (non-hydrogen) atoms. The van der Waals surface area contributed by atoms with Gasteiger partial charge in [0, 0.05) is 24.1 Å². The van der Waals surface area contributed by atoms with E-state index < -0.39 is 10.8 Å². The fraction of sp³-hybridized carbons (Fsp3) is 0.111. The molecule has 10 heteroatoms. The molecule has 1 amide bonds. The topological polar surface area (TPSA) is 119 Å². The summed E-state index contributed by atoms with van der Waals surface area (Å²) in [5.41, 5.74) is 2.59. The third kappa shape index (κ3) is 3.60. The first kappa shape index (κ1) is 19.2. The predicted molar refractivity (Wildman–Crippen MR) is 105 cm³/mol. The quantitative estimate of drug-likeness (QED) is 0.411. The number of nitro benzene ring substituents is 1. The number of nitro groups is 1. The second-order valence-electron chi connectivity index (χ2n) is 5.88. The summed E-state index contributed by atoms with van der Waals surface area (Å²) >= 11 is 5.80. The Hall–Kier alpha value is -3.59. The Labute approximate surface area is 163 Å². The van der Waals surface area contributed by atoms with Gasteiger partial charge in [-0.25, -0.2) is 10.1 Å². The van der Waals surface area contributed by atoms with E-state index in [2.05, 4.69) is 15.6 Å². The van der Waals surface area contributed by atoms with E-state index in [-0.39, 0.29) is 22.0 Å². The summed E-state index contributed by atoms with van der Waals surface area (Å²) in [6.07, 6.45) is 0. The van der Waals surface area contributed by atoms with Crippen molar-refractivity contribution in [2.45, 2.75) is 6.92 Å². The normalized spacial score (nSPS) is 11.5. The number of hydrazone groups is 1. The number of aryl methyl sites for hydroxylation is 1. The zero-order valence-corrected chi connectivity index (χ0v) is 15.6. The molecule has 0 unspecified atom stereocenters. The third-order valence-electron chi connectivity index (χ3n) is 4.06. The second kappa shape index (κ2) is 7.57. The summed E-state index contributed by atoms with van der Waals surface area (Å²) < 4.78 is 1.08. The first-order valence-electron chi connectivity index (χ1n) is 8.04. The Morgan fingerprint density at radius 3 is 2.61 bits per heavy atom. The molecule has 0 bridgehead atoms. The SMILES string of the molecule is C/C(=N/NC(=O)c1nn(C)c(=O)c2ccccc12)c1ccc(Cl)c([N+](=O)[O-])c1. The summed E-state index contributed by atoms with van der Waals surface area (Å²) in [5.74, 6) is -0.616. The Morgan fingerprint density at radius 1 is 1.25 bits per heavy atom. The summed E-state index contributed by atoms with van der Waals surface area (Å²) in [4.78, 5) is 35.1. The van der Waals surface area contributed by atoms with Crippen LogP contribution >= 0.6 is 11.6 Å². The van der Waals surface area contributed by atoms with E-state index in [1.807, 2.05) is 0 Å². The van der Waals surface area contributed by atoms with Crippen molar-refractivity contribution in [1.82, 2.24) is 15.2 Å². The highest BCUT2D eigenvalue weighted by molar-refractivity contribution is 6.32. The molecule has 3 aromatic rings. The van der Waals surface area contributed by atoms with Gasteiger partial charge in [0.1, 0.15) is 5.02 Å². The molecule has 0 radical (unpaired) electrons. The van der Waals surface area contributed by atoms with Gasteiger partial charge in [-0.2, -0.15) is 10.2 Å². The summed E-state index contributed by atoms with van der Waals surface area (Å²) in [6, 6.07) is 10.8. The van der Waals surface area contributed by atoms with E-state index in [1.165, 1.54) is 19.2 Å². The minimum atomic E-state index is -0.616. The van der Waals surface area contributed by atoms with E-state index >= 15 is 0 Å². The monoisotopic (exact) mass is 399 g/mol. The van der Waals surface area contributed by atoms with Crippen molar-refractivity contribution in [3.05, 3.63) is 79.2 Å². The van der Waals surface area contributed by atoms with Crippen LogP contribution in [-0.2, 0) is 7.05 Å². The van der Waals surface area contributed by atoms with E-state index in [4.69, 9.17) is 11.6 Å². The number of rotatable bonds is 4. The standard InChI is InChI=1S/C18H14ClN5O4/c1-10(11-7-8-14(19)15(9-11)24(27)28)20-21-17(25)16-12-5-3-4-6-13(12)18(26)23(2)22-16/h3-9H,1-2H3,(H,21,25)/b20-10-. The molecular weight excluding hydrogens is 386 g/mol. The van der Waals surface area contributed by atoms with Gasteiger partial charge in [0.25, 0.3) is 17.2 Å². The van der Waals surface area contributed by atoms with Gasteiger partial charge in [-0.3, -0.25) is 19.7 Å². The Bertz CT molecular complexity index is 1200. The molecule has 0 saturated heterocycles. The lowest BCUT2D eigenvalue weighted by atomic mass is 10.1. The van der Waals surface area contributed by atoms with Crippen molar-refractivity contribution in [3.8, 4) is 0 Å². The van der Waals surface area contributed by atoms with Gasteiger partial charge in [-0.05, 0) is 19.1 Å². The number of benzene rings is 2. The number of carbonyl (C=O) groups excluding carboxylic acids is 1. The van der Waals surface area contributed by atoms with E-state index in [0.717, 1.165) is 4.68 Å². The highest BCUT2D eigenvalue weighted by atomic mass is 35.5. The number of fused-ring (bicyclic) bond motifs is 1. The van der Waals surface area contributed by atoms with Gasteiger partial charge in [0.15, 0.2) is 5.69 Å². The van der Waals surface area contributed by atoms with Crippen molar-refractivity contribution in [1.29, 1.82) is 0 Å². The molecule has 1 heterocycles. The number of hydrogen-bond acceptors (Lipinski definition) is 6. The van der Waals surface area contributed by atoms with Crippen LogP contribution in [0.15, 0.2) is 52.4 Å². The highest BCUT2D eigenvalue weighted by Gasteiger charge is 2.16.